The molecule has 2 aromatic rings. The molecule has 2 heterocycles. The number of aryl methyl sites for hydroxylation is 1. The molecule has 0 unspecified atom stereocenters. The number of hydrogen-bond acceptors (Lipinski definition) is 5. The Bertz CT molecular complexity index is 1050. The maximum absolute atomic E-state index is 13.5. The molecule has 10 heteroatoms. The number of nitrogens with zero attached hydrogens (tertiary/aromatic N) is 1. The molecule has 0 saturated carbocycles. The quantitative estimate of drug-likeness (QED) is 0.583. The van der Waals surface area contributed by atoms with E-state index in [1.807, 2.05) is 0 Å². The van der Waals surface area contributed by atoms with E-state index in [0.29, 0.717) is 23.5 Å². The number of piperidine rings is 1. The van der Waals surface area contributed by atoms with Crippen LogP contribution in [0.5, 0.6) is 0 Å². The Hall–Kier alpha value is -2.30. The van der Waals surface area contributed by atoms with Gasteiger partial charge in [0.25, 0.3) is 15.9 Å². The minimum absolute atomic E-state index is 0.0668. The fourth-order valence-electron chi connectivity index (χ4n) is 3.26. The van der Waals surface area contributed by atoms with Gasteiger partial charge in [-0.25, -0.2) is 12.8 Å². The van der Waals surface area contributed by atoms with Crippen LogP contribution >= 0.6 is 11.3 Å². The maximum Gasteiger partial charge on any atom is 0.252 e. The largest absolute Gasteiger partial charge is 0.354 e. The summed E-state index contributed by atoms with van der Waals surface area (Å²) in [6.07, 6.45) is 2.85. The van der Waals surface area contributed by atoms with Crippen LogP contribution in [0.2, 0.25) is 0 Å². The third-order valence-electron chi connectivity index (χ3n) is 5.05. The van der Waals surface area contributed by atoms with E-state index in [1.54, 1.807) is 25.1 Å². The third-order valence-corrected chi connectivity index (χ3v) is 8.50. The van der Waals surface area contributed by atoms with E-state index >= 15 is 0 Å². The first-order chi connectivity index (χ1) is 14.8. The molecule has 0 spiro atoms. The van der Waals surface area contributed by atoms with Gasteiger partial charge in [0.2, 0.25) is 5.91 Å². The van der Waals surface area contributed by atoms with Crippen LogP contribution in [0.25, 0.3) is 0 Å². The topological polar surface area (TPSA) is 95.6 Å². The molecule has 1 aliphatic heterocycles. The van der Waals surface area contributed by atoms with E-state index in [9.17, 15) is 22.4 Å². The van der Waals surface area contributed by atoms with Gasteiger partial charge in [-0.15, -0.1) is 11.3 Å². The SMILES string of the molecule is Cc1ccc(C(=O)NCCNC(=O)Cc2ccc(S(=O)(=O)N3CCCCC3)s2)cc1F. The van der Waals surface area contributed by atoms with Gasteiger partial charge in [0.1, 0.15) is 10.0 Å². The van der Waals surface area contributed by atoms with E-state index in [2.05, 4.69) is 10.6 Å². The van der Waals surface area contributed by atoms with Gasteiger partial charge in [-0.1, -0.05) is 12.5 Å². The molecule has 1 aliphatic rings. The Kier molecular flexibility index (Phi) is 7.79. The van der Waals surface area contributed by atoms with Crippen LogP contribution < -0.4 is 10.6 Å². The molecule has 0 bridgehead atoms. The summed E-state index contributed by atoms with van der Waals surface area (Å²) in [6.45, 7) is 3.10. The molecule has 0 radical (unpaired) electrons. The monoisotopic (exact) mass is 467 g/mol. The van der Waals surface area contributed by atoms with Crippen LogP contribution in [0.15, 0.2) is 34.5 Å². The summed E-state index contributed by atoms with van der Waals surface area (Å²) >= 11 is 1.11. The van der Waals surface area contributed by atoms with E-state index in [4.69, 9.17) is 0 Å². The Morgan fingerprint density at radius 1 is 1.06 bits per heavy atom. The van der Waals surface area contributed by atoms with Crippen molar-refractivity contribution in [3.05, 3.63) is 52.2 Å². The average molecular weight is 468 g/mol. The molecule has 1 aromatic heterocycles. The van der Waals surface area contributed by atoms with Gasteiger partial charge >= 0.3 is 0 Å². The smallest absolute Gasteiger partial charge is 0.252 e. The molecule has 7 nitrogen and oxygen atoms in total. The molecule has 2 N–H and O–H groups in total. The summed E-state index contributed by atoms with van der Waals surface area (Å²) in [5.74, 6) is -1.13. The minimum atomic E-state index is -3.49. The highest BCUT2D eigenvalue weighted by Gasteiger charge is 2.27. The molecule has 168 valence electrons. The lowest BCUT2D eigenvalue weighted by molar-refractivity contribution is -0.120. The van der Waals surface area contributed by atoms with Crippen LogP contribution in [0.4, 0.5) is 4.39 Å². The van der Waals surface area contributed by atoms with Gasteiger partial charge in [0.15, 0.2) is 0 Å². The number of nitrogens with one attached hydrogen (secondary N) is 2. The van der Waals surface area contributed by atoms with Crippen molar-refractivity contribution in [1.82, 2.24) is 14.9 Å². The zero-order chi connectivity index (χ0) is 22.4. The standard InChI is InChI=1S/C21H26FN3O4S2/c1-15-5-6-16(13-18(15)22)21(27)24-10-9-23-19(26)14-17-7-8-20(30-17)31(28,29)25-11-3-2-4-12-25/h5-8,13H,2-4,9-12,14H2,1H3,(H,23,26)(H,24,27). The number of benzene rings is 1. The van der Waals surface area contributed by atoms with E-state index in [0.717, 1.165) is 30.6 Å². The van der Waals surface area contributed by atoms with Crippen molar-refractivity contribution in [3.63, 3.8) is 0 Å². The zero-order valence-electron chi connectivity index (χ0n) is 17.3. The van der Waals surface area contributed by atoms with E-state index in [-0.39, 0.29) is 35.2 Å². The second kappa shape index (κ2) is 10.3. The van der Waals surface area contributed by atoms with Crippen molar-refractivity contribution in [3.8, 4) is 0 Å². The molecule has 1 fully saturated rings. The van der Waals surface area contributed by atoms with Gasteiger partial charge in [0, 0.05) is 36.6 Å². The van der Waals surface area contributed by atoms with Gasteiger partial charge in [-0.3, -0.25) is 9.59 Å². The second-order valence-electron chi connectivity index (χ2n) is 7.43. The summed E-state index contributed by atoms with van der Waals surface area (Å²) in [5.41, 5.74) is 0.680. The summed E-state index contributed by atoms with van der Waals surface area (Å²) in [6, 6.07) is 7.47. The number of thiophene rings is 1. The molecular weight excluding hydrogens is 441 g/mol. The zero-order valence-corrected chi connectivity index (χ0v) is 19.0. The van der Waals surface area contributed by atoms with Crippen LogP contribution in [0.1, 0.15) is 40.1 Å². The van der Waals surface area contributed by atoms with Gasteiger partial charge < -0.3 is 10.6 Å². The van der Waals surface area contributed by atoms with Crippen molar-refractivity contribution in [2.24, 2.45) is 0 Å². The highest BCUT2D eigenvalue weighted by Crippen LogP contribution is 2.27. The molecule has 0 atom stereocenters. The van der Waals surface area contributed by atoms with E-state index in [1.165, 1.54) is 16.4 Å². The number of rotatable bonds is 8. The molecular formula is C21H26FN3O4S2. The number of carbonyl (C=O) groups is 2. The molecule has 0 aliphatic carbocycles. The Morgan fingerprint density at radius 2 is 1.77 bits per heavy atom. The predicted molar refractivity (Wildman–Crippen MR) is 117 cm³/mol. The van der Waals surface area contributed by atoms with E-state index < -0.39 is 21.7 Å². The first kappa shape index (κ1) is 23.4. The number of amides is 2. The van der Waals surface area contributed by atoms with Gasteiger partial charge in [-0.2, -0.15) is 4.31 Å². The number of hydrogen-bond donors (Lipinski definition) is 2. The average Bonchev–Trinajstić information content (AvgIpc) is 3.23. The Morgan fingerprint density at radius 3 is 2.48 bits per heavy atom. The number of carbonyl (C=O) groups excluding carboxylic acids is 2. The van der Waals surface area contributed by atoms with Crippen LogP contribution in [-0.2, 0) is 21.2 Å². The highest BCUT2D eigenvalue weighted by molar-refractivity contribution is 7.91. The fourth-order valence-corrected chi connectivity index (χ4v) is 6.29. The predicted octanol–water partition coefficient (Wildman–Crippen LogP) is 2.46. The Balaban J connectivity index is 1.44. The molecule has 31 heavy (non-hydrogen) atoms. The molecule has 1 saturated heterocycles. The van der Waals surface area contributed by atoms with Crippen molar-refractivity contribution >= 4 is 33.2 Å². The van der Waals surface area contributed by atoms with Crippen LogP contribution in [-0.4, -0.2) is 50.7 Å². The molecule has 2 amide bonds. The minimum Gasteiger partial charge on any atom is -0.354 e. The first-order valence-electron chi connectivity index (χ1n) is 10.2. The molecule has 3 rings (SSSR count). The van der Waals surface area contributed by atoms with Crippen molar-refractivity contribution < 1.29 is 22.4 Å². The fraction of sp³-hybridized carbons (Fsp3) is 0.429. The van der Waals surface area contributed by atoms with Crippen molar-refractivity contribution in [2.75, 3.05) is 26.2 Å². The van der Waals surface area contributed by atoms with Gasteiger partial charge in [0.05, 0.1) is 6.42 Å². The summed E-state index contributed by atoms with van der Waals surface area (Å²) in [7, 11) is -3.49. The summed E-state index contributed by atoms with van der Waals surface area (Å²) in [5, 5.41) is 5.31. The lowest BCUT2D eigenvalue weighted by atomic mass is 10.1. The summed E-state index contributed by atoms with van der Waals surface area (Å²) < 4.78 is 40.7. The Labute approximate surface area is 185 Å². The lowest BCUT2D eigenvalue weighted by Crippen LogP contribution is -2.35. The third kappa shape index (κ3) is 6.11. The maximum atomic E-state index is 13.5. The lowest BCUT2D eigenvalue weighted by Gasteiger charge is -2.25. The van der Waals surface area contributed by atoms with Crippen molar-refractivity contribution in [2.45, 2.75) is 36.8 Å². The molecule has 1 aromatic carbocycles. The normalized spacial score (nSPS) is 14.9. The number of halogens is 1. The van der Waals surface area contributed by atoms with Gasteiger partial charge in [-0.05, 0) is 49.6 Å². The first-order valence-corrected chi connectivity index (χ1v) is 12.4. The van der Waals surface area contributed by atoms with Crippen LogP contribution in [0, 0.1) is 12.7 Å². The second-order valence-corrected chi connectivity index (χ2v) is 10.8. The number of sulfonamides is 1. The summed E-state index contributed by atoms with van der Waals surface area (Å²) in [4.78, 5) is 24.8. The highest BCUT2D eigenvalue weighted by atomic mass is 32.2. The van der Waals surface area contributed by atoms with Crippen molar-refractivity contribution in [1.29, 1.82) is 0 Å². The van der Waals surface area contributed by atoms with Crippen LogP contribution in [0.3, 0.4) is 0 Å².